The molecule has 0 saturated heterocycles. The number of hydrogen-bond acceptors (Lipinski definition) is 4. The van der Waals surface area contributed by atoms with Crippen LogP contribution in [0.25, 0.3) is 4.85 Å². The summed E-state index contributed by atoms with van der Waals surface area (Å²) in [5.74, 6) is 0.381. The Morgan fingerprint density at radius 3 is 1.80 bits per heavy atom. The Morgan fingerprint density at radius 1 is 0.950 bits per heavy atom. The molecule has 0 unspecified atom stereocenters. The lowest BCUT2D eigenvalue weighted by atomic mass is 10.2. The third kappa shape index (κ3) is 4.58. The van der Waals surface area contributed by atoms with E-state index in [1.54, 1.807) is 24.3 Å². The summed E-state index contributed by atoms with van der Waals surface area (Å²) in [6.07, 6.45) is 0. The number of nitrogens with two attached hydrogens (primary N) is 1. The topological polar surface area (TPSA) is 103 Å². The van der Waals surface area contributed by atoms with Crippen LogP contribution in [0.1, 0.15) is 5.56 Å². The van der Waals surface area contributed by atoms with Crippen LogP contribution < -0.4 is 5.73 Å². The molecule has 0 aliphatic heterocycles. The lowest BCUT2D eigenvalue weighted by Crippen LogP contribution is -2.12. The molecule has 0 heterocycles. The third-order valence-electron chi connectivity index (χ3n) is 2.25. The summed E-state index contributed by atoms with van der Waals surface area (Å²) in [7, 11) is 0. The Morgan fingerprint density at radius 2 is 1.40 bits per heavy atom. The summed E-state index contributed by atoms with van der Waals surface area (Å²) in [5, 5.41) is 28.7. The van der Waals surface area contributed by atoms with E-state index < -0.39 is 0 Å². The molecular weight excluding hydrogens is 258 g/mol. The first kappa shape index (κ1) is 14.9. The first-order chi connectivity index (χ1) is 9.56. The number of phenolic OH excluding ortho intramolecular Hbond substituents is 2. The van der Waals surface area contributed by atoms with Crippen molar-refractivity contribution in [1.29, 1.82) is 0 Å². The molecule has 102 valence electrons. The zero-order chi connectivity index (χ0) is 15.0. The van der Waals surface area contributed by atoms with Crippen LogP contribution in [0.2, 0.25) is 0 Å². The Labute approximate surface area is 115 Å². The highest BCUT2D eigenvalue weighted by Crippen LogP contribution is 2.15. The second-order valence-corrected chi connectivity index (χ2v) is 3.66. The lowest BCUT2D eigenvalue weighted by Gasteiger charge is -1.96. The summed E-state index contributed by atoms with van der Waals surface area (Å²) in [4.78, 5) is 3.15. The van der Waals surface area contributed by atoms with Crippen molar-refractivity contribution in [2.24, 2.45) is 10.9 Å². The monoisotopic (exact) mass is 271 g/mol. The van der Waals surface area contributed by atoms with Gasteiger partial charge in [-0.15, -0.1) is 0 Å². The number of rotatable bonds is 1. The van der Waals surface area contributed by atoms with Crippen molar-refractivity contribution in [2.75, 3.05) is 0 Å². The van der Waals surface area contributed by atoms with Crippen molar-refractivity contribution in [1.82, 2.24) is 0 Å². The van der Waals surface area contributed by atoms with Crippen molar-refractivity contribution in [3.05, 3.63) is 65.5 Å². The van der Waals surface area contributed by atoms with Crippen LogP contribution in [0.4, 0.5) is 5.69 Å². The molecule has 0 saturated carbocycles. The fourth-order valence-corrected chi connectivity index (χ4v) is 1.22. The van der Waals surface area contributed by atoms with Gasteiger partial charge in [-0.25, -0.2) is 4.85 Å². The van der Waals surface area contributed by atoms with Gasteiger partial charge in [-0.1, -0.05) is 17.3 Å². The third-order valence-corrected chi connectivity index (χ3v) is 2.25. The lowest BCUT2D eigenvalue weighted by molar-refractivity contribution is 0.318. The molecule has 0 radical (unpaired) electrons. The molecule has 2 aromatic rings. The number of oxime groups is 1. The number of amidine groups is 1. The predicted molar refractivity (Wildman–Crippen MR) is 75.0 cm³/mol. The Hall–Kier alpha value is -3.20. The summed E-state index contributed by atoms with van der Waals surface area (Å²) < 4.78 is 0. The molecule has 0 amide bonds. The molecule has 2 aromatic carbocycles. The molecular formula is C14H13N3O3. The minimum absolute atomic E-state index is 0.0324. The van der Waals surface area contributed by atoms with Gasteiger partial charge in [0, 0.05) is 5.56 Å². The number of hydrogen-bond donors (Lipinski definition) is 4. The van der Waals surface area contributed by atoms with E-state index in [4.69, 9.17) is 27.7 Å². The maximum absolute atomic E-state index is 8.87. The summed E-state index contributed by atoms with van der Waals surface area (Å²) in [5.41, 5.74) is 6.39. The number of nitrogens with zero attached hydrogens (tertiary/aromatic N) is 2. The quantitative estimate of drug-likeness (QED) is 0.210. The normalized spacial score (nSPS) is 10.1. The highest BCUT2D eigenvalue weighted by molar-refractivity contribution is 5.97. The molecule has 6 nitrogen and oxygen atoms in total. The summed E-state index contributed by atoms with van der Waals surface area (Å²) in [6, 6.07) is 12.2. The van der Waals surface area contributed by atoms with E-state index in [2.05, 4.69) is 10.0 Å². The van der Waals surface area contributed by atoms with E-state index in [0.717, 1.165) is 0 Å². The second-order valence-electron chi connectivity index (χ2n) is 3.66. The molecule has 0 atom stereocenters. The zero-order valence-electron chi connectivity index (χ0n) is 10.4. The van der Waals surface area contributed by atoms with E-state index in [0.29, 0.717) is 11.3 Å². The van der Waals surface area contributed by atoms with Gasteiger partial charge in [0.05, 0.1) is 6.57 Å². The van der Waals surface area contributed by atoms with Gasteiger partial charge in [-0.3, -0.25) is 0 Å². The van der Waals surface area contributed by atoms with Crippen LogP contribution in [-0.4, -0.2) is 21.3 Å². The SMILES string of the molecule is N/C(=N/O)c1ccc(O)cc1.[C-]#[N+]c1ccc(O)cc1. The highest BCUT2D eigenvalue weighted by atomic mass is 16.4. The van der Waals surface area contributed by atoms with Crippen molar-refractivity contribution in [2.45, 2.75) is 0 Å². The Bertz CT molecular complexity index is 614. The van der Waals surface area contributed by atoms with E-state index in [9.17, 15) is 0 Å². The Balaban J connectivity index is 0.000000204. The average molecular weight is 271 g/mol. The smallest absolute Gasteiger partial charge is 0.187 e. The fraction of sp³-hybridized carbons (Fsp3) is 0. The van der Waals surface area contributed by atoms with Crippen molar-refractivity contribution < 1.29 is 15.4 Å². The minimum Gasteiger partial charge on any atom is -0.508 e. The minimum atomic E-state index is 0.0324. The number of benzene rings is 2. The average Bonchev–Trinajstić information content (AvgIpc) is 2.49. The molecule has 2 rings (SSSR count). The van der Waals surface area contributed by atoms with Crippen molar-refractivity contribution >= 4 is 11.5 Å². The van der Waals surface area contributed by atoms with Gasteiger partial charge >= 0.3 is 0 Å². The van der Waals surface area contributed by atoms with E-state index >= 15 is 0 Å². The molecule has 0 fully saturated rings. The summed E-state index contributed by atoms with van der Waals surface area (Å²) >= 11 is 0. The second kappa shape index (κ2) is 7.28. The van der Waals surface area contributed by atoms with Gasteiger partial charge in [0.1, 0.15) is 11.5 Å². The Kier molecular flexibility index (Phi) is 5.41. The van der Waals surface area contributed by atoms with Gasteiger partial charge in [-0.05, 0) is 36.4 Å². The molecule has 0 bridgehead atoms. The largest absolute Gasteiger partial charge is 0.508 e. The van der Waals surface area contributed by atoms with Crippen LogP contribution in [0.3, 0.4) is 0 Å². The first-order valence-electron chi connectivity index (χ1n) is 5.50. The van der Waals surface area contributed by atoms with Crippen LogP contribution in [0.5, 0.6) is 11.5 Å². The van der Waals surface area contributed by atoms with Crippen LogP contribution >= 0.6 is 0 Å². The first-order valence-corrected chi connectivity index (χ1v) is 5.50. The molecule has 0 spiro atoms. The van der Waals surface area contributed by atoms with Gasteiger partial charge < -0.3 is 21.2 Å². The fourth-order valence-electron chi connectivity index (χ4n) is 1.22. The van der Waals surface area contributed by atoms with Crippen LogP contribution in [-0.2, 0) is 0 Å². The maximum atomic E-state index is 8.87. The highest BCUT2D eigenvalue weighted by Gasteiger charge is 1.96. The molecule has 0 aliphatic carbocycles. The molecule has 0 aliphatic rings. The van der Waals surface area contributed by atoms with Gasteiger partial charge in [0.25, 0.3) is 0 Å². The summed E-state index contributed by atoms with van der Waals surface area (Å²) in [6.45, 7) is 6.56. The van der Waals surface area contributed by atoms with Gasteiger partial charge in [-0.2, -0.15) is 0 Å². The van der Waals surface area contributed by atoms with Gasteiger partial charge in [0.2, 0.25) is 0 Å². The predicted octanol–water partition coefficient (Wildman–Crippen LogP) is 2.43. The van der Waals surface area contributed by atoms with Crippen LogP contribution in [0, 0.1) is 6.57 Å². The molecule has 5 N–H and O–H groups in total. The van der Waals surface area contributed by atoms with E-state index in [1.165, 1.54) is 24.3 Å². The van der Waals surface area contributed by atoms with Gasteiger partial charge in [0.15, 0.2) is 11.5 Å². The van der Waals surface area contributed by atoms with Crippen LogP contribution in [0.15, 0.2) is 53.7 Å². The standard InChI is InChI=1S/C7H8N2O2.C7H5NO/c8-7(9-11)5-1-3-6(10)4-2-5;1-8-6-2-4-7(9)5-3-6/h1-4,10-11H,(H2,8,9);2-5,9H. The van der Waals surface area contributed by atoms with Crippen molar-refractivity contribution in [3.8, 4) is 11.5 Å². The maximum Gasteiger partial charge on any atom is 0.187 e. The molecule has 20 heavy (non-hydrogen) atoms. The number of phenols is 2. The van der Waals surface area contributed by atoms with E-state index in [1.807, 2.05) is 0 Å². The molecule has 6 heteroatoms. The number of aromatic hydroxyl groups is 2. The van der Waals surface area contributed by atoms with Crippen molar-refractivity contribution in [3.63, 3.8) is 0 Å². The molecule has 0 aromatic heterocycles. The zero-order valence-corrected chi connectivity index (χ0v) is 10.4. The van der Waals surface area contributed by atoms with E-state index in [-0.39, 0.29) is 17.3 Å².